The number of amides is 2. The lowest BCUT2D eigenvalue weighted by Crippen LogP contribution is -2.65. The molecule has 6 nitrogen and oxygen atoms in total. The average molecular weight is 411 g/mol. The van der Waals surface area contributed by atoms with Crippen molar-refractivity contribution in [2.75, 3.05) is 6.54 Å². The van der Waals surface area contributed by atoms with E-state index in [1.807, 2.05) is 35.8 Å². The van der Waals surface area contributed by atoms with Gasteiger partial charge in [-0.05, 0) is 50.2 Å². The zero-order valence-corrected chi connectivity index (χ0v) is 18.6. The van der Waals surface area contributed by atoms with Crippen molar-refractivity contribution in [3.05, 3.63) is 30.1 Å². The van der Waals surface area contributed by atoms with E-state index in [1.165, 1.54) is 6.42 Å². The lowest BCUT2D eigenvalue weighted by atomic mass is 9.85. The Bertz CT molecular complexity index is 950. The number of benzene rings is 1. The SMILES string of the molecule is CC(C)CCN1C(=O)c2nc3ccccc3n2C[C@]1(C)C(=O)N[C@@H]1CCCC[C@H]1C. The first-order valence-electron chi connectivity index (χ1n) is 11.4. The second-order valence-electron chi connectivity index (χ2n) is 9.77. The van der Waals surface area contributed by atoms with Gasteiger partial charge in [-0.25, -0.2) is 4.98 Å². The summed E-state index contributed by atoms with van der Waals surface area (Å²) in [6, 6.07) is 7.97. The highest BCUT2D eigenvalue weighted by atomic mass is 16.2. The molecule has 0 radical (unpaired) electrons. The lowest BCUT2D eigenvalue weighted by molar-refractivity contribution is -0.134. The van der Waals surface area contributed by atoms with Gasteiger partial charge in [0.2, 0.25) is 5.91 Å². The monoisotopic (exact) mass is 410 g/mol. The molecule has 2 aromatic rings. The topological polar surface area (TPSA) is 67.2 Å². The summed E-state index contributed by atoms with van der Waals surface area (Å²) in [6.45, 7) is 9.42. The van der Waals surface area contributed by atoms with Gasteiger partial charge >= 0.3 is 0 Å². The predicted molar refractivity (Wildman–Crippen MR) is 118 cm³/mol. The first kappa shape index (κ1) is 20.9. The molecule has 6 heteroatoms. The van der Waals surface area contributed by atoms with Gasteiger partial charge in [0, 0.05) is 12.6 Å². The van der Waals surface area contributed by atoms with E-state index in [2.05, 4.69) is 31.1 Å². The van der Waals surface area contributed by atoms with Crippen LogP contribution in [0.4, 0.5) is 0 Å². The molecule has 4 rings (SSSR count). The molecule has 0 unspecified atom stereocenters. The van der Waals surface area contributed by atoms with Crippen LogP contribution in [-0.4, -0.2) is 44.4 Å². The fourth-order valence-electron chi connectivity index (χ4n) is 4.92. The van der Waals surface area contributed by atoms with Crippen LogP contribution in [0, 0.1) is 11.8 Å². The van der Waals surface area contributed by atoms with Gasteiger partial charge in [-0.3, -0.25) is 9.59 Å². The summed E-state index contributed by atoms with van der Waals surface area (Å²) < 4.78 is 1.94. The Morgan fingerprint density at radius 2 is 2.00 bits per heavy atom. The van der Waals surface area contributed by atoms with Crippen molar-refractivity contribution in [1.82, 2.24) is 19.8 Å². The summed E-state index contributed by atoms with van der Waals surface area (Å²) in [4.78, 5) is 33.6. The predicted octanol–water partition coefficient (Wildman–Crippen LogP) is 3.99. The van der Waals surface area contributed by atoms with Crippen LogP contribution in [0.15, 0.2) is 24.3 Å². The standard InChI is InChI=1S/C24H34N4O2/c1-16(2)13-14-28-22(29)21-25-19-11-7-8-12-20(19)27(21)15-24(28,4)23(30)26-18-10-6-5-9-17(18)3/h7-8,11-12,16-18H,5-6,9-10,13-15H2,1-4H3,(H,26,30)/t17-,18-,24-/m1/s1. The summed E-state index contributed by atoms with van der Waals surface area (Å²) in [7, 11) is 0. The van der Waals surface area contributed by atoms with Gasteiger partial charge in [0.05, 0.1) is 17.6 Å². The van der Waals surface area contributed by atoms with Gasteiger partial charge in [0.1, 0.15) is 5.54 Å². The van der Waals surface area contributed by atoms with E-state index in [0.717, 1.165) is 36.7 Å². The summed E-state index contributed by atoms with van der Waals surface area (Å²) in [5, 5.41) is 3.32. The molecule has 0 spiro atoms. The largest absolute Gasteiger partial charge is 0.351 e. The molecule has 1 N–H and O–H groups in total. The van der Waals surface area contributed by atoms with Crippen molar-refractivity contribution in [3.8, 4) is 0 Å². The van der Waals surface area contributed by atoms with E-state index in [9.17, 15) is 9.59 Å². The summed E-state index contributed by atoms with van der Waals surface area (Å²) >= 11 is 0. The average Bonchev–Trinajstić information content (AvgIpc) is 3.08. The minimum atomic E-state index is -0.931. The van der Waals surface area contributed by atoms with Crippen LogP contribution in [0.3, 0.4) is 0 Å². The molecule has 2 heterocycles. The number of hydrogen-bond donors (Lipinski definition) is 1. The van der Waals surface area contributed by atoms with E-state index in [-0.39, 0.29) is 17.9 Å². The third kappa shape index (κ3) is 3.61. The van der Waals surface area contributed by atoms with Gasteiger partial charge in [0.15, 0.2) is 5.82 Å². The van der Waals surface area contributed by atoms with Gasteiger partial charge in [-0.1, -0.05) is 45.7 Å². The molecule has 1 aromatic heterocycles. The smallest absolute Gasteiger partial charge is 0.290 e. The number of carbonyl (C=O) groups is 2. The Balaban J connectivity index is 1.70. The van der Waals surface area contributed by atoms with Crippen molar-refractivity contribution in [2.24, 2.45) is 11.8 Å². The minimum Gasteiger partial charge on any atom is -0.351 e. The van der Waals surface area contributed by atoms with E-state index in [1.54, 1.807) is 4.90 Å². The van der Waals surface area contributed by atoms with Crippen LogP contribution in [0.5, 0.6) is 0 Å². The van der Waals surface area contributed by atoms with Crippen LogP contribution < -0.4 is 5.32 Å². The molecule has 1 saturated carbocycles. The van der Waals surface area contributed by atoms with Crippen molar-refractivity contribution in [3.63, 3.8) is 0 Å². The number of nitrogens with one attached hydrogen (secondary N) is 1. The molecule has 1 aliphatic carbocycles. The molecule has 30 heavy (non-hydrogen) atoms. The zero-order chi connectivity index (χ0) is 21.5. The van der Waals surface area contributed by atoms with Crippen LogP contribution in [-0.2, 0) is 11.3 Å². The molecule has 1 fully saturated rings. The van der Waals surface area contributed by atoms with Gasteiger partial charge in [-0.2, -0.15) is 0 Å². The Hall–Kier alpha value is -2.37. The second kappa shape index (κ2) is 8.05. The Morgan fingerprint density at radius 1 is 1.27 bits per heavy atom. The highest BCUT2D eigenvalue weighted by molar-refractivity contribution is 6.01. The van der Waals surface area contributed by atoms with E-state index in [4.69, 9.17) is 0 Å². The Labute approximate surface area is 179 Å². The number of nitrogens with zero attached hydrogens (tertiary/aromatic N) is 3. The van der Waals surface area contributed by atoms with Gasteiger partial charge in [0.25, 0.3) is 5.91 Å². The van der Waals surface area contributed by atoms with E-state index < -0.39 is 5.54 Å². The number of carbonyl (C=O) groups excluding carboxylic acids is 2. The lowest BCUT2D eigenvalue weighted by Gasteiger charge is -2.45. The number of aromatic nitrogens is 2. The maximum absolute atomic E-state index is 13.7. The molecule has 1 aliphatic heterocycles. The van der Waals surface area contributed by atoms with Crippen LogP contribution in [0.1, 0.15) is 70.4 Å². The van der Waals surface area contributed by atoms with Gasteiger partial charge in [-0.15, -0.1) is 0 Å². The molecule has 162 valence electrons. The number of imidazole rings is 1. The van der Waals surface area contributed by atoms with Crippen molar-refractivity contribution < 1.29 is 9.59 Å². The third-order valence-electron chi connectivity index (χ3n) is 7.00. The summed E-state index contributed by atoms with van der Waals surface area (Å²) in [5.41, 5.74) is 0.782. The normalized spacial score (nSPS) is 26.8. The fourth-order valence-corrected chi connectivity index (χ4v) is 4.92. The summed E-state index contributed by atoms with van der Waals surface area (Å²) in [5.74, 6) is 1.18. The maximum atomic E-state index is 13.7. The molecule has 1 aromatic carbocycles. The first-order valence-corrected chi connectivity index (χ1v) is 11.4. The zero-order valence-electron chi connectivity index (χ0n) is 18.6. The number of fused-ring (bicyclic) bond motifs is 3. The minimum absolute atomic E-state index is 0.0400. The molecular weight excluding hydrogens is 376 g/mol. The fraction of sp³-hybridized carbons (Fsp3) is 0.625. The summed E-state index contributed by atoms with van der Waals surface area (Å²) in [6.07, 6.45) is 5.40. The quantitative estimate of drug-likeness (QED) is 0.810. The van der Waals surface area contributed by atoms with Crippen LogP contribution >= 0.6 is 0 Å². The Kier molecular flexibility index (Phi) is 5.60. The molecule has 2 aliphatic rings. The third-order valence-corrected chi connectivity index (χ3v) is 7.00. The molecule has 0 saturated heterocycles. The highest BCUT2D eigenvalue weighted by Gasteiger charge is 2.48. The van der Waals surface area contributed by atoms with Crippen LogP contribution in [0.2, 0.25) is 0 Å². The number of rotatable bonds is 5. The molecular formula is C24H34N4O2. The van der Waals surface area contributed by atoms with Crippen molar-refractivity contribution in [1.29, 1.82) is 0 Å². The van der Waals surface area contributed by atoms with E-state index >= 15 is 0 Å². The first-order chi connectivity index (χ1) is 14.3. The Morgan fingerprint density at radius 3 is 2.73 bits per heavy atom. The highest BCUT2D eigenvalue weighted by Crippen LogP contribution is 2.32. The van der Waals surface area contributed by atoms with Crippen molar-refractivity contribution >= 4 is 22.8 Å². The maximum Gasteiger partial charge on any atom is 0.290 e. The van der Waals surface area contributed by atoms with Crippen molar-refractivity contribution in [2.45, 2.75) is 77.9 Å². The van der Waals surface area contributed by atoms with Gasteiger partial charge < -0.3 is 14.8 Å². The second-order valence-corrected chi connectivity index (χ2v) is 9.77. The molecule has 0 bridgehead atoms. The van der Waals surface area contributed by atoms with E-state index in [0.29, 0.717) is 30.7 Å². The molecule has 2 amide bonds. The molecule has 3 atom stereocenters. The number of hydrogen-bond acceptors (Lipinski definition) is 3. The van der Waals surface area contributed by atoms with Crippen LogP contribution in [0.25, 0.3) is 11.0 Å². The number of para-hydroxylation sites is 2.